The Bertz CT molecular complexity index is 525. The van der Waals surface area contributed by atoms with E-state index in [-0.39, 0.29) is 23.0 Å². The first-order valence-electron chi connectivity index (χ1n) is 6.28. The average molecular weight is 289 g/mol. The minimum atomic E-state index is -3.63. The number of furan rings is 1. The van der Waals surface area contributed by atoms with Crippen LogP contribution in [0.3, 0.4) is 0 Å². The SMILES string of the molecule is Cc1cc(S(=O)(=O)N[C@@H](CCO)C(C)(C)C)c(C)o1. The number of sulfonamides is 1. The van der Waals surface area contributed by atoms with Gasteiger partial charge in [-0.05, 0) is 31.7 Å². The first-order valence-corrected chi connectivity index (χ1v) is 7.76. The Kier molecular flexibility index (Phi) is 4.81. The molecule has 1 atom stereocenters. The predicted octanol–water partition coefficient (Wildman–Crippen LogP) is 1.97. The summed E-state index contributed by atoms with van der Waals surface area (Å²) in [4.78, 5) is 0.164. The van der Waals surface area contributed by atoms with Gasteiger partial charge in [0.15, 0.2) is 0 Å². The molecule has 0 amide bonds. The van der Waals surface area contributed by atoms with E-state index in [1.165, 1.54) is 6.07 Å². The Hall–Kier alpha value is -0.850. The zero-order valence-corrected chi connectivity index (χ0v) is 13.0. The molecule has 0 saturated heterocycles. The second kappa shape index (κ2) is 5.64. The molecular weight excluding hydrogens is 266 g/mol. The maximum absolute atomic E-state index is 12.3. The molecule has 0 spiro atoms. The summed E-state index contributed by atoms with van der Waals surface area (Å²) >= 11 is 0. The van der Waals surface area contributed by atoms with Crippen LogP contribution in [0.4, 0.5) is 0 Å². The third kappa shape index (κ3) is 4.06. The van der Waals surface area contributed by atoms with Crippen LogP contribution in [0.25, 0.3) is 0 Å². The van der Waals surface area contributed by atoms with Crippen molar-refractivity contribution in [1.29, 1.82) is 0 Å². The molecule has 0 bridgehead atoms. The van der Waals surface area contributed by atoms with E-state index in [4.69, 9.17) is 9.52 Å². The third-order valence-corrected chi connectivity index (χ3v) is 4.62. The predicted molar refractivity (Wildman–Crippen MR) is 73.4 cm³/mol. The number of aliphatic hydroxyl groups is 1. The van der Waals surface area contributed by atoms with Crippen molar-refractivity contribution in [3.63, 3.8) is 0 Å². The smallest absolute Gasteiger partial charge is 0.244 e. The Morgan fingerprint density at radius 2 is 1.95 bits per heavy atom. The minimum Gasteiger partial charge on any atom is -0.465 e. The van der Waals surface area contributed by atoms with E-state index >= 15 is 0 Å². The summed E-state index contributed by atoms with van der Waals surface area (Å²) < 4.78 is 32.6. The van der Waals surface area contributed by atoms with E-state index < -0.39 is 10.0 Å². The summed E-state index contributed by atoms with van der Waals surface area (Å²) in [6.07, 6.45) is 0.374. The lowest BCUT2D eigenvalue weighted by molar-refractivity contribution is 0.214. The summed E-state index contributed by atoms with van der Waals surface area (Å²) in [5.74, 6) is 0.939. The van der Waals surface area contributed by atoms with Crippen LogP contribution in [0.5, 0.6) is 0 Å². The maximum atomic E-state index is 12.3. The van der Waals surface area contributed by atoms with Gasteiger partial charge in [0.25, 0.3) is 0 Å². The number of hydrogen-bond donors (Lipinski definition) is 2. The molecule has 0 aromatic carbocycles. The van der Waals surface area contributed by atoms with Crippen molar-refractivity contribution in [2.24, 2.45) is 5.41 Å². The van der Waals surface area contributed by atoms with Crippen molar-refractivity contribution in [1.82, 2.24) is 4.72 Å². The molecule has 0 saturated carbocycles. The van der Waals surface area contributed by atoms with Crippen LogP contribution in [0.2, 0.25) is 0 Å². The van der Waals surface area contributed by atoms with E-state index in [1.54, 1.807) is 13.8 Å². The Morgan fingerprint density at radius 3 is 2.32 bits per heavy atom. The standard InChI is InChI=1S/C13H23NO4S/c1-9-8-11(10(2)18-9)19(16,17)14-12(6-7-15)13(3,4)5/h8,12,14-15H,6-7H2,1-5H3/t12-/m0/s1. The Morgan fingerprint density at radius 1 is 1.37 bits per heavy atom. The molecule has 1 aromatic heterocycles. The quantitative estimate of drug-likeness (QED) is 0.868. The fourth-order valence-corrected chi connectivity index (χ4v) is 3.64. The fraction of sp³-hybridized carbons (Fsp3) is 0.692. The van der Waals surface area contributed by atoms with Gasteiger partial charge in [0.1, 0.15) is 16.4 Å². The van der Waals surface area contributed by atoms with E-state index in [0.717, 1.165) is 0 Å². The number of nitrogens with one attached hydrogen (secondary N) is 1. The highest BCUT2D eigenvalue weighted by Crippen LogP contribution is 2.25. The van der Waals surface area contributed by atoms with Crippen molar-refractivity contribution in [3.8, 4) is 0 Å². The van der Waals surface area contributed by atoms with E-state index in [9.17, 15) is 8.42 Å². The maximum Gasteiger partial charge on any atom is 0.244 e. The lowest BCUT2D eigenvalue weighted by Gasteiger charge is -2.30. The Balaban J connectivity index is 3.04. The summed E-state index contributed by atoms with van der Waals surface area (Å²) in [6, 6.07) is 1.17. The van der Waals surface area contributed by atoms with Gasteiger partial charge in [0.2, 0.25) is 10.0 Å². The number of rotatable bonds is 5. The molecule has 0 radical (unpaired) electrons. The number of hydrogen-bond acceptors (Lipinski definition) is 4. The molecular formula is C13H23NO4S. The van der Waals surface area contributed by atoms with Crippen LogP contribution in [0.1, 0.15) is 38.7 Å². The van der Waals surface area contributed by atoms with Crippen molar-refractivity contribution >= 4 is 10.0 Å². The third-order valence-electron chi connectivity index (χ3n) is 3.05. The highest BCUT2D eigenvalue weighted by atomic mass is 32.2. The summed E-state index contributed by atoms with van der Waals surface area (Å²) in [6.45, 7) is 9.07. The number of aliphatic hydroxyl groups excluding tert-OH is 1. The Labute approximate surface area is 115 Å². The first-order chi connectivity index (χ1) is 8.58. The summed E-state index contributed by atoms with van der Waals surface area (Å²) in [5, 5.41) is 9.07. The van der Waals surface area contributed by atoms with Gasteiger partial charge in [0, 0.05) is 12.6 Å². The monoisotopic (exact) mass is 289 g/mol. The second-order valence-electron chi connectivity index (χ2n) is 5.83. The molecule has 0 aliphatic carbocycles. The van der Waals surface area contributed by atoms with Crippen LogP contribution in [0, 0.1) is 19.3 Å². The molecule has 1 rings (SSSR count). The molecule has 19 heavy (non-hydrogen) atoms. The van der Waals surface area contributed by atoms with Crippen LogP contribution in [-0.2, 0) is 10.0 Å². The van der Waals surface area contributed by atoms with Crippen molar-refractivity contribution in [2.75, 3.05) is 6.61 Å². The van der Waals surface area contributed by atoms with Gasteiger partial charge in [-0.2, -0.15) is 0 Å². The van der Waals surface area contributed by atoms with Gasteiger partial charge in [-0.15, -0.1) is 0 Å². The van der Waals surface area contributed by atoms with Gasteiger partial charge >= 0.3 is 0 Å². The molecule has 110 valence electrons. The van der Waals surface area contributed by atoms with Crippen LogP contribution >= 0.6 is 0 Å². The van der Waals surface area contributed by atoms with E-state index in [0.29, 0.717) is 17.9 Å². The first kappa shape index (κ1) is 16.2. The normalized spacial score (nSPS) is 14.6. The molecule has 0 unspecified atom stereocenters. The number of aryl methyl sites for hydroxylation is 2. The average Bonchev–Trinajstić information content (AvgIpc) is 2.56. The highest BCUT2D eigenvalue weighted by Gasteiger charge is 2.30. The van der Waals surface area contributed by atoms with Crippen LogP contribution in [0.15, 0.2) is 15.4 Å². The molecule has 0 aliphatic heterocycles. The lowest BCUT2D eigenvalue weighted by atomic mass is 9.86. The molecule has 2 N–H and O–H groups in total. The van der Waals surface area contributed by atoms with Crippen LogP contribution < -0.4 is 4.72 Å². The van der Waals surface area contributed by atoms with Crippen molar-refractivity contribution < 1.29 is 17.9 Å². The second-order valence-corrected chi connectivity index (χ2v) is 7.51. The van der Waals surface area contributed by atoms with Gasteiger partial charge < -0.3 is 9.52 Å². The van der Waals surface area contributed by atoms with Crippen LogP contribution in [-0.4, -0.2) is 26.2 Å². The van der Waals surface area contributed by atoms with E-state index in [1.807, 2.05) is 20.8 Å². The summed E-state index contributed by atoms with van der Waals surface area (Å²) in [7, 11) is -3.63. The highest BCUT2D eigenvalue weighted by molar-refractivity contribution is 7.89. The van der Waals surface area contributed by atoms with Gasteiger partial charge in [-0.3, -0.25) is 0 Å². The molecule has 1 aromatic rings. The largest absolute Gasteiger partial charge is 0.465 e. The van der Waals surface area contributed by atoms with Gasteiger partial charge in [-0.25, -0.2) is 13.1 Å². The molecule has 5 nitrogen and oxygen atoms in total. The fourth-order valence-electron chi connectivity index (χ4n) is 1.92. The van der Waals surface area contributed by atoms with Crippen molar-refractivity contribution in [2.45, 2.75) is 52.0 Å². The zero-order chi connectivity index (χ0) is 14.8. The lowest BCUT2D eigenvalue weighted by Crippen LogP contribution is -2.44. The molecule has 6 heteroatoms. The van der Waals surface area contributed by atoms with Crippen molar-refractivity contribution in [3.05, 3.63) is 17.6 Å². The van der Waals surface area contributed by atoms with E-state index in [2.05, 4.69) is 4.72 Å². The van der Waals surface area contributed by atoms with Gasteiger partial charge in [0.05, 0.1) is 0 Å². The summed E-state index contributed by atoms with van der Waals surface area (Å²) in [5.41, 5.74) is -0.275. The molecule has 0 aliphatic rings. The minimum absolute atomic E-state index is 0.0617. The zero-order valence-electron chi connectivity index (χ0n) is 12.1. The van der Waals surface area contributed by atoms with Gasteiger partial charge in [-0.1, -0.05) is 20.8 Å². The topological polar surface area (TPSA) is 79.5 Å². The molecule has 1 heterocycles. The molecule has 0 fully saturated rings.